The van der Waals surface area contributed by atoms with Crippen molar-refractivity contribution in [1.82, 2.24) is 0 Å². The number of nitrogens with zero attached hydrogens (tertiary/aromatic N) is 1. The van der Waals surface area contributed by atoms with Crippen LogP contribution in [0.1, 0.15) is 38.7 Å². The minimum absolute atomic E-state index is 0.195. The largest absolute Gasteiger partial charge is 0.269 e. The van der Waals surface area contributed by atoms with Gasteiger partial charge in [0, 0.05) is 11.1 Å². The molecular weight excluding hydrogens is 298 g/mol. The quantitative estimate of drug-likeness (QED) is 0.620. The van der Waals surface area contributed by atoms with Gasteiger partial charge in [-0.25, -0.2) is 4.90 Å². The summed E-state index contributed by atoms with van der Waals surface area (Å²) in [5.41, 5.74) is 3.06. The fraction of sp³-hybridized carbons (Fsp3) is 0.429. The van der Waals surface area contributed by atoms with Crippen molar-refractivity contribution in [2.24, 2.45) is 17.8 Å². The summed E-state index contributed by atoms with van der Waals surface area (Å²) < 4.78 is 0. The lowest BCUT2D eigenvalue weighted by atomic mass is 9.88. The summed E-state index contributed by atoms with van der Waals surface area (Å²) in [6, 6.07) is 7.92. The number of anilines is 1. The summed E-state index contributed by atoms with van der Waals surface area (Å²) in [4.78, 5) is 25.7. The zero-order chi connectivity index (χ0) is 16.8. The number of carbonyl (C=O) groups excluding carboxylic acids is 2. The van der Waals surface area contributed by atoms with Crippen molar-refractivity contribution in [2.45, 2.75) is 39.5 Å². The van der Waals surface area contributed by atoms with Gasteiger partial charge in [-0.2, -0.15) is 0 Å². The highest BCUT2D eigenvalue weighted by molar-refractivity contribution is 6.32. The van der Waals surface area contributed by atoms with E-state index >= 15 is 0 Å². The summed E-state index contributed by atoms with van der Waals surface area (Å²) in [6.45, 7) is 3.43. The molecule has 3 unspecified atom stereocenters. The van der Waals surface area contributed by atoms with Crippen molar-refractivity contribution in [3.8, 4) is 0 Å². The van der Waals surface area contributed by atoms with Crippen molar-refractivity contribution in [3.05, 3.63) is 53.1 Å². The van der Waals surface area contributed by atoms with Gasteiger partial charge in [0.1, 0.15) is 0 Å². The first-order chi connectivity index (χ1) is 11.5. The Morgan fingerprint density at radius 2 is 1.62 bits per heavy atom. The van der Waals surface area contributed by atoms with Gasteiger partial charge in [-0.05, 0) is 75.0 Å². The van der Waals surface area contributed by atoms with Crippen LogP contribution in [0.2, 0.25) is 0 Å². The molecule has 3 atom stereocenters. The summed E-state index contributed by atoms with van der Waals surface area (Å²) in [6.07, 6.45) is 9.80. The molecule has 0 aromatic heterocycles. The number of hydrogen-bond donors (Lipinski definition) is 0. The van der Waals surface area contributed by atoms with E-state index in [4.69, 9.17) is 0 Å². The molecule has 3 aliphatic rings. The maximum Gasteiger partial charge on any atom is 0.261 e. The molecule has 0 saturated heterocycles. The van der Waals surface area contributed by atoms with Gasteiger partial charge in [-0.1, -0.05) is 24.3 Å². The third-order valence-electron chi connectivity index (χ3n) is 6.03. The van der Waals surface area contributed by atoms with E-state index < -0.39 is 0 Å². The van der Waals surface area contributed by atoms with Crippen molar-refractivity contribution < 1.29 is 9.59 Å². The molecule has 24 heavy (non-hydrogen) atoms. The molecule has 1 aromatic carbocycles. The van der Waals surface area contributed by atoms with Crippen LogP contribution in [0.3, 0.4) is 0 Å². The van der Waals surface area contributed by atoms with Gasteiger partial charge in [0.2, 0.25) is 0 Å². The van der Waals surface area contributed by atoms with E-state index in [2.05, 4.69) is 24.3 Å². The predicted octanol–water partition coefficient (Wildman–Crippen LogP) is 4.04. The average Bonchev–Trinajstić information content (AvgIpc) is 3.26. The van der Waals surface area contributed by atoms with Gasteiger partial charge in [-0.15, -0.1) is 0 Å². The Morgan fingerprint density at radius 1 is 0.958 bits per heavy atom. The highest BCUT2D eigenvalue weighted by atomic mass is 16.2. The van der Waals surface area contributed by atoms with Gasteiger partial charge < -0.3 is 0 Å². The maximum atomic E-state index is 12.2. The van der Waals surface area contributed by atoms with Crippen LogP contribution >= 0.6 is 0 Å². The lowest BCUT2D eigenvalue weighted by Crippen LogP contribution is -2.31. The van der Waals surface area contributed by atoms with E-state index in [0.29, 0.717) is 16.8 Å². The van der Waals surface area contributed by atoms with E-state index in [0.717, 1.165) is 24.2 Å². The third kappa shape index (κ3) is 2.43. The number of allylic oxidation sites excluding steroid dienone is 2. The number of hydrogen-bond acceptors (Lipinski definition) is 2. The molecule has 0 radical (unpaired) electrons. The van der Waals surface area contributed by atoms with Crippen molar-refractivity contribution in [1.29, 1.82) is 0 Å². The average molecular weight is 321 g/mol. The molecule has 2 bridgehead atoms. The number of amides is 2. The zero-order valence-electron chi connectivity index (χ0n) is 14.3. The van der Waals surface area contributed by atoms with Crippen LogP contribution < -0.4 is 4.90 Å². The van der Waals surface area contributed by atoms with Crippen LogP contribution in [0.25, 0.3) is 0 Å². The number of imide groups is 1. The molecule has 1 fully saturated rings. The zero-order valence-corrected chi connectivity index (χ0v) is 14.3. The third-order valence-corrected chi connectivity index (χ3v) is 6.03. The normalized spacial score (nSPS) is 28.6. The molecule has 1 aliphatic heterocycles. The van der Waals surface area contributed by atoms with E-state index in [-0.39, 0.29) is 11.8 Å². The van der Waals surface area contributed by atoms with Gasteiger partial charge in [-0.3, -0.25) is 9.59 Å². The highest BCUT2D eigenvalue weighted by Gasteiger charge is 2.35. The Kier molecular flexibility index (Phi) is 3.67. The van der Waals surface area contributed by atoms with E-state index in [1.807, 2.05) is 12.1 Å². The van der Waals surface area contributed by atoms with Crippen molar-refractivity contribution >= 4 is 17.5 Å². The second-order valence-electron chi connectivity index (χ2n) is 7.44. The molecule has 0 N–H and O–H groups in total. The molecule has 3 heteroatoms. The molecule has 0 spiro atoms. The number of aryl methyl sites for hydroxylation is 1. The lowest BCUT2D eigenvalue weighted by molar-refractivity contribution is -0.120. The van der Waals surface area contributed by atoms with Crippen LogP contribution in [0.15, 0.2) is 47.6 Å². The standard InChI is InChI=1S/C21H23NO2/c1-13-14(2)21(24)22(20(13)23)19-9-5-15(6-10-19)3-7-17-11-16-4-8-18(17)12-16/h4-6,8-10,16-18H,3,7,11-12H2,1-2H3. The molecule has 3 nitrogen and oxygen atoms in total. The second kappa shape index (κ2) is 5.73. The van der Waals surface area contributed by atoms with Crippen LogP contribution in [0, 0.1) is 17.8 Å². The number of rotatable bonds is 4. The smallest absolute Gasteiger partial charge is 0.261 e. The second-order valence-corrected chi connectivity index (χ2v) is 7.44. The summed E-state index contributed by atoms with van der Waals surface area (Å²) in [5, 5.41) is 0. The molecule has 2 amide bonds. The monoisotopic (exact) mass is 321 g/mol. The lowest BCUT2D eigenvalue weighted by Gasteiger charge is -2.18. The molecule has 2 aliphatic carbocycles. The highest BCUT2D eigenvalue weighted by Crippen LogP contribution is 2.45. The van der Waals surface area contributed by atoms with Crippen LogP contribution in [-0.2, 0) is 16.0 Å². The van der Waals surface area contributed by atoms with Crippen molar-refractivity contribution in [2.75, 3.05) is 4.90 Å². The molecule has 124 valence electrons. The van der Waals surface area contributed by atoms with Crippen LogP contribution in [-0.4, -0.2) is 11.8 Å². The van der Waals surface area contributed by atoms with Crippen molar-refractivity contribution in [3.63, 3.8) is 0 Å². The van der Waals surface area contributed by atoms with E-state index in [9.17, 15) is 9.59 Å². The Morgan fingerprint density at radius 3 is 2.17 bits per heavy atom. The first-order valence-corrected chi connectivity index (χ1v) is 8.88. The Balaban J connectivity index is 1.41. The Hall–Kier alpha value is -2.16. The molecule has 4 rings (SSSR count). The molecular formula is C21H23NO2. The maximum absolute atomic E-state index is 12.2. The first-order valence-electron chi connectivity index (χ1n) is 8.88. The van der Waals surface area contributed by atoms with Gasteiger partial charge in [0.05, 0.1) is 5.69 Å². The fourth-order valence-electron chi connectivity index (χ4n) is 4.37. The fourth-order valence-corrected chi connectivity index (χ4v) is 4.37. The predicted molar refractivity (Wildman–Crippen MR) is 94.5 cm³/mol. The molecule has 1 aromatic rings. The summed E-state index contributed by atoms with van der Waals surface area (Å²) in [7, 11) is 0. The van der Waals surface area contributed by atoms with Gasteiger partial charge in [0.15, 0.2) is 0 Å². The Labute approximate surface area is 143 Å². The summed E-state index contributed by atoms with van der Waals surface area (Å²) in [5.74, 6) is 2.06. The first kappa shape index (κ1) is 15.4. The summed E-state index contributed by atoms with van der Waals surface area (Å²) >= 11 is 0. The minimum atomic E-state index is -0.195. The van der Waals surface area contributed by atoms with Crippen LogP contribution in [0.4, 0.5) is 5.69 Å². The number of fused-ring (bicyclic) bond motifs is 2. The van der Waals surface area contributed by atoms with Gasteiger partial charge >= 0.3 is 0 Å². The molecule has 1 heterocycles. The number of benzene rings is 1. The van der Waals surface area contributed by atoms with Crippen LogP contribution in [0.5, 0.6) is 0 Å². The minimum Gasteiger partial charge on any atom is -0.269 e. The Bertz CT molecular complexity index is 733. The van der Waals surface area contributed by atoms with E-state index in [1.165, 1.54) is 29.7 Å². The number of carbonyl (C=O) groups is 2. The van der Waals surface area contributed by atoms with E-state index in [1.54, 1.807) is 13.8 Å². The molecule has 1 saturated carbocycles. The topological polar surface area (TPSA) is 37.4 Å². The SMILES string of the molecule is CC1=C(C)C(=O)N(c2ccc(CCC3CC4C=CC3C4)cc2)C1=O. The van der Waals surface area contributed by atoms with Gasteiger partial charge in [0.25, 0.3) is 11.8 Å².